The number of aromatic amines is 1. The lowest BCUT2D eigenvalue weighted by Crippen LogP contribution is -2.48. The maximum Gasteiger partial charge on any atom is 0.274 e. The number of likely N-dealkylation sites (tertiary alicyclic amines) is 1. The molecular formula is C31H25F3N6O3. The van der Waals surface area contributed by atoms with E-state index in [0.29, 0.717) is 59.5 Å². The lowest BCUT2D eigenvalue weighted by atomic mass is 9.74. The van der Waals surface area contributed by atoms with Gasteiger partial charge in [0.2, 0.25) is 0 Å². The summed E-state index contributed by atoms with van der Waals surface area (Å²) < 4.78 is 49.2. The van der Waals surface area contributed by atoms with Gasteiger partial charge in [-0.15, -0.1) is 0 Å². The van der Waals surface area contributed by atoms with Gasteiger partial charge in [0.25, 0.3) is 11.8 Å². The number of hydrogen-bond acceptors (Lipinski definition) is 5. The van der Waals surface area contributed by atoms with Crippen LogP contribution in [0.2, 0.25) is 0 Å². The second kappa shape index (κ2) is 10.0. The summed E-state index contributed by atoms with van der Waals surface area (Å²) in [5.74, 6) is -2.05. The number of nitrogens with zero attached hydrogens (tertiary/aromatic N) is 5. The lowest BCUT2D eigenvalue weighted by molar-refractivity contribution is 0.0670. The van der Waals surface area contributed by atoms with E-state index in [1.165, 1.54) is 42.2 Å². The monoisotopic (exact) mass is 586 g/mol. The predicted molar refractivity (Wildman–Crippen MR) is 151 cm³/mol. The number of benzene rings is 2. The minimum atomic E-state index is -0.573. The number of anilines is 1. The van der Waals surface area contributed by atoms with Crippen LogP contribution in [0.5, 0.6) is 5.75 Å². The minimum Gasteiger partial charge on any atom is -0.494 e. The van der Waals surface area contributed by atoms with Crippen LogP contribution in [-0.2, 0) is 5.41 Å². The number of fused-ring (bicyclic) bond motifs is 3. The number of carbonyl (C=O) groups excluding carboxylic acids is 2. The molecular weight excluding hydrogens is 561 g/mol. The third-order valence-electron chi connectivity index (χ3n) is 8.50. The minimum absolute atomic E-state index is 0.101. The molecule has 0 bridgehead atoms. The first-order valence-corrected chi connectivity index (χ1v) is 13.7. The molecule has 3 aromatic heterocycles. The molecule has 9 nitrogen and oxygen atoms in total. The van der Waals surface area contributed by atoms with Crippen molar-refractivity contribution in [2.45, 2.75) is 18.3 Å². The topological polar surface area (TPSA) is 95.8 Å². The van der Waals surface area contributed by atoms with Gasteiger partial charge in [0, 0.05) is 54.8 Å². The van der Waals surface area contributed by atoms with Crippen molar-refractivity contribution in [3.63, 3.8) is 0 Å². The highest BCUT2D eigenvalue weighted by Crippen LogP contribution is 2.48. The molecule has 43 heavy (non-hydrogen) atoms. The average molecular weight is 587 g/mol. The first kappa shape index (κ1) is 26.7. The molecule has 2 aliphatic rings. The van der Waals surface area contributed by atoms with Gasteiger partial charge in [-0.3, -0.25) is 9.59 Å². The summed E-state index contributed by atoms with van der Waals surface area (Å²) in [6.07, 6.45) is 5.04. The Morgan fingerprint density at radius 3 is 2.51 bits per heavy atom. The molecule has 1 fully saturated rings. The number of piperidine rings is 1. The van der Waals surface area contributed by atoms with Gasteiger partial charge in [-0.05, 0) is 60.4 Å². The zero-order valence-corrected chi connectivity index (χ0v) is 23.0. The Morgan fingerprint density at radius 2 is 1.79 bits per heavy atom. The van der Waals surface area contributed by atoms with Gasteiger partial charge in [0.1, 0.15) is 23.7 Å². The molecule has 0 atom stereocenters. The van der Waals surface area contributed by atoms with Gasteiger partial charge in [-0.25, -0.2) is 22.7 Å². The number of amides is 2. The summed E-state index contributed by atoms with van der Waals surface area (Å²) in [4.78, 5) is 37.3. The SMILES string of the molecule is COc1ccc(-c2cc(C(=O)N3CCC4(CC3)CN(C(=O)c3cc(F)c[nH]3)c3ccc(F)cc34)cn3ncnc23)cc1F. The van der Waals surface area contributed by atoms with Gasteiger partial charge in [0.05, 0.1) is 12.7 Å². The van der Waals surface area contributed by atoms with Crippen molar-refractivity contribution in [1.82, 2.24) is 24.5 Å². The van der Waals surface area contributed by atoms with Gasteiger partial charge in [-0.2, -0.15) is 5.10 Å². The van der Waals surface area contributed by atoms with Crippen LogP contribution in [0.15, 0.2) is 67.3 Å². The highest BCUT2D eigenvalue weighted by molar-refractivity contribution is 6.06. The fourth-order valence-corrected chi connectivity index (χ4v) is 6.30. The van der Waals surface area contributed by atoms with Crippen LogP contribution in [-0.4, -0.2) is 63.0 Å². The van der Waals surface area contributed by atoms with Crippen molar-refractivity contribution < 1.29 is 27.5 Å². The molecule has 5 heterocycles. The zero-order valence-electron chi connectivity index (χ0n) is 23.0. The second-order valence-electron chi connectivity index (χ2n) is 10.9. The molecule has 2 aromatic carbocycles. The third-order valence-corrected chi connectivity index (χ3v) is 8.50. The van der Waals surface area contributed by atoms with Gasteiger partial charge in [-0.1, -0.05) is 6.07 Å². The number of rotatable bonds is 4. The van der Waals surface area contributed by atoms with Crippen LogP contribution >= 0.6 is 0 Å². The van der Waals surface area contributed by atoms with Gasteiger partial charge >= 0.3 is 0 Å². The zero-order chi connectivity index (χ0) is 29.9. The smallest absolute Gasteiger partial charge is 0.274 e. The maximum absolute atomic E-state index is 14.6. The number of halogens is 3. The fourth-order valence-electron chi connectivity index (χ4n) is 6.30. The van der Waals surface area contributed by atoms with Crippen LogP contribution in [0.3, 0.4) is 0 Å². The number of carbonyl (C=O) groups is 2. The molecule has 2 amide bonds. The molecule has 0 saturated carbocycles. The summed E-state index contributed by atoms with van der Waals surface area (Å²) in [6, 6.07) is 11.7. The van der Waals surface area contributed by atoms with Crippen molar-refractivity contribution in [2.24, 2.45) is 0 Å². The van der Waals surface area contributed by atoms with Crippen molar-refractivity contribution in [3.05, 3.63) is 102 Å². The maximum atomic E-state index is 14.6. The van der Waals surface area contributed by atoms with Crippen LogP contribution < -0.4 is 9.64 Å². The number of nitrogens with one attached hydrogen (secondary N) is 1. The third kappa shape index (κ3) is 4.41. The number of hydrogen-bond donors (Lipinski definition) is 1. The summed E-state index contributed by atoms with van der Waals surface area (Å²) in [6.45, 7) is 0.997. The van der Waals surface area contributed by atoms with Crippen LogP contribution in [0.25, 0.3) is 16.8 Å². The Morgan fingerprint density at radius 1 is 0.977 bits per heavy atom. The van der Waals surface area contributed by atoms with Crippen molar-refractivity contribution >= 4 is 23.1 Å². The number of pyridine rings is 1. The molecule has 0 unspecified atom stereocenters. The Balaban J connectivity index is 1.16. The highest BCUT2D eigenvalue weighted by atomic mass is 19.1. The predicted octanol–water partition coefficient (Wildman–Crippen LogP) is 4.98. The normalized spacial score (nSPS) is 15.7. The van der Waals surface area contributed by atoms with E-state index in [0.717, 1.165) is 12.3 Å². The molecule has 1 spiro atoms. The highest BCUT2D eigenvalue weighted by Gasteiger charge is 2.47. The Bertz CT molecular complexity index is 1910. The summed E-state index contributed by atoms with van der Waals surface area (Å²) in [5.41, 5.74) is 2.68. The summed E-state index contributed by atoms with van der Waals surface area (Å²) in [5, 5.41) is 4.21. The Labute approximate surface area is 243 Å². The van der Waals surface area contributed by atoms with E-state index in [1.807, 2.05) is 0 Å². The molecule has 7 rings (SSSR count). The van der Waals surface area contributed by atoms with E-state index in [1.54, 1.807) is 34.2 Å². The number of methoxy groups -OCH3 is 1. The first-order valence-electron chi connectivity index (χ1n) is 13.7. The van der Waals surface area contributed by atoms with E-state index < -0.39 is 28.8 Å². The van der Waals surface area contributed by atoms with Crippen LogP contribution in [0, 0.1) is 17.5 Å². The van der Waals surface area contributed by atoms with E-state index >= 15 is 0 Å². The van der Waals surface area contributed by atoms with E-state index in [-0.39, 0.29) is 23.9 Å². The molecule has 0 aliphatic carbocycles. The standard InChI is InChI=1S/C31H25F3N6O3/c1-43-27-5-2-18(11-24(27)34)22-10-19(15-40-28(22)36-17-37-40)29(41)38-8-6-31(7-9-38)16-39(26-4-3-20(32)12-23(26)31)30(42)25-13-21(33)14-35-25/h2-5,10-15,17,35H,6-9,16H2,1H3. The van der Waals surface area contributed by atoms with Crippen molar-refractivity contribution in [3.8, 4) is 16.9 Å². The molecule has 1 N–H and O–H groups in total. The second-order valence-corrected chi connectivity index (χ2v) is 10.9. The average Bonchev–Trinajstić information content (AvgIpc) is 3.74. The number of H-pyrrole nitrogens is 1. The van der Waals surface area contributed by atoms with Gasteiger partial charge < -0.3 is 19.5 Å². The largest absolute Gasteiger partial charge is 0.494 e. The molecule has 12 heteroatoms. The number of ether oxygens (including phenoxy) is 1. The van der Waals surface area contributed by atoms with E-state index in [9.17, 15) is 22.8 Å². The molecule has 2 aliphatic heterocycles. The van der Waals surface area contributed by atoms with Gasteiger partial charge in [0.15, 0.2) is 17.2 Å². The number of aromatic nitrogens is 4. The quantitative estimate of drug-likeness (QED) is 0.321. The Kier molecular flexibility index (Phi) is 6.22. The first-order chi connectivity index (χ1) is 20.8. The summed E-state index contributed by atoms with van der Waals surface area (Å²) in [7, 11) is 1.38. The van der Waals surface area contributed by atoms with E-state index in [4.69, 9.17) is 4.74 Å². The molecule has 1 saturated heterocycles. The molecule has 218 valence electrons. The van der Waals surface area contributed by atoms with E-state index in [2.05, 4.69) is 15.1 Å². The molecule has 5 aromatic rings. The summed E-state index contributed by atoms with van der Waals surface area (Å²) >= 11 is 0. The lowest BCUT2D eigenvalue weighted by Gasteiger charge is -2.40. The van der Waals surface area contributed by atoms with Crippen molar-refractivity contribution in [1.29, 1.82) is 0 Å². The van der Waals surface area contributed by atoms with Crippen LogP contribution in [0.1, 0.15) is 39.3 Å². The van der Waals surface area contributed by atoms with Crippen LogP contribution in [0.4, 0.5) is 18.9 Å². The Hall–Kier alpha value is -5.13. The molecule has 0 radical (unpaired) electrons. The van der Waals surface area contributed by atoms with Crippen molar-refractivity contribution in [2.75, 3.05) is 31.6 Å². The fraction of sp³-hybridized carbons (Fsp3) is 0.226.